The molecule has 2 aliphatic heterocycles. The van der Waals surface area contributed by atoms with Crippen LogP contribution in [-0.2, 0) is 0 Å². The number of likely N-dealkylation sites (N-methyl/N-ethyl adjacent to an activating group) is 1. The smallest absolute Gasteiger partial charge is 0.0109 e. The van der Waals surface area contributed by atoms with Crippen molar-refractivity contribution in [3.05, 3.63) is 0 Å². The summed E-state index contributed by atoms with van der Waals surface area (Å²) in [5.74, 6) is 0. The molecule has 1 N–H and O–H groups in total. The van der Waals surface area contributed by atoms with E-state index in [4.69, 9.17) is 0 Å². The Balaban J connectivity index is 1.90. The molecule has 0 aliphatic carbocycles. The fraction of sp³-hybridized carbons (Fsp3) is 1.00. The van der Waals surface area contributed by atoms with Crippen LogP contribution in [0.3, 0.4) is 0 Å². The monoisotopic (exact) mass is 253 g/mol. The predicted molar refractivity (Wildman–Crippen MR) is 78.0 cm³/mol. The molecule has 18 heavy (non-hydrogen) atoms. The normalized spacial score (nSPS) is 32.3. The van der Waals surface area contributed by atoms with Crippen molar-refractivity contribution >= 4 is 0 Å². The lowest BCUT2D eigenvalue weighted by Gasteiger charge is -2.41. The lowest BCUT2D eigenvalue weighted by atomic mass is 9.76. The Labute approximate surface area is 113 Å². The first kappa shape index (κ1) is 14.3. The first-order valence-corrected chi connectivity index (χ1v) is 7.86. The van der Waals surface area contributed by atoms with Gasteiger partial charge in [0.15, 0.2) is 0 Å². The predicted octanol–water partition coefficient (Wildman–Crippen LogP) is 1.79. The van der Waals surface area contributed by atoms with Gasteiger partial charge in [-0.05, 0) is 57.8 Å². The quantitative estimate of drug-likeness (QED) is 0.824. The van der Waals surface area contributed by atoms with E-state index in [9.17, 15) is 0 Å². The number of rotatable bonds is 4. The van der Waals surface area contributed by atoms with Crippen LogP contribution < -0.4 is 5.32 Å². The summed E-state index contributed by atoms with van der Waals surface area (Å²) in [7, 11) is 2.26. The van der Waals surface area contributed by atoms with E-state index in [1.807, 2.05) is 0 Å². The Hall–Kier alpha value is -0.120. The minimum Gasteiger partial charge on any atom is -0.316 e. The van der Waals surface area contributed by atoms with Crippen LogP contribution in [0.2, 0.25) is 0 Å². The number of nitrogens with zero attached hydrogens (tertiary/aromatic N) is 2. The fourth-order valence-electron chi connectivity index (χ4n) is 3.72. The van der Waals surface area contributed by atoms with Crippen LogP contribution in [-0.4, -0.2) is 62.7 Å². The summed E-state index contributed by atoms with van der Waals surface area (Å²) in [6.45, 7) is 11.2. The van der Waals surface area contributed by atoms with Gasteiger partial charge in [0.25, 0.3) is 0 Å². The third-order valence-corrected chi connectivity index (χ3v) is 4.71. The van der Waals surface area contributed by atoms with Crippen LogP contribution in [0.15, 0.2) is 0 Å². The van der Waals surface area contributed by atoms with E-state index >= 15 is 0 Å². The van der Waals surface area contributed by atoms with Crippen molar-refractivity contribution in [3.8, 4) is 0 Å². The van der Waals surface area contributed by atoms with E-state index in [2.05, 4.69) is 29.1 Å². The van der Waals surface area contributed by atoms with Crippen LogP contribution in [0.5, 0.6) is 0 Å². The summed E-state index contributed by atoms with van der Waals surface area (Å²) < 4.78 is 0. The van der Waals surface area contributed by atoms with E-state index < -0.39 is 0 Å². The van der Waals surface area contributed by atoms with Crippen molar-refractivity contribution in [2.75, 3.05) is 52.9 Å². The Bertz CT molecular complexity index is 230. The minimum atomic E-state index is 0.565. The van der Waals surface area contributed by atoms with Gasteiger partial charge in [0, 0.05) is 26.2 Å². The molecule has 0 amide bonds. The maximum absolute atomic E-state index is 3.64. The first-order chi connectivity index (χ1) is 8.74. The van der Waals surface area contributed by atoms with Crippen molar-refractivity contribution < 1.29 is 0 Å². The maximum Gasteiger partial charge on any atom is 0.0109 e. The second-order valence-corrected chi connectivity index (χ2v) is 6.46. The summed E-state index contributed by atoms with van der Waals surface area (Å²) in [6, 6.07) is 0. The number of hydrogen-bond acceptors (Lipinski definition) is 3. The Morgan fingerprint density at radius 3 is 2.72 bits per heavy atom. The average molecular weight is 253 g/mol. The summed E-state index contributed by atoms with van der Waals surface area (Å²) in [6.07, 6.45) is 6.86. The lowest BCUT2D eigenvalue weighted by molar-refractivity contribution is 0.108. The van der Waals surface area contributed by atoms with Crippen LogP contribution in [0.4, 0.5) is 0 Å². The summed E-state index contributed by atoms with van der Waals surface area (Å²) >= 11 is 0. The van der Waals surface area contributed by atoms with Gasteiger partial charge in [0.2, 0.25) is 0 Å². The maximum atomic E-state index is 3.64. The molecule has 0 bridgehead atoms. The third-order valence-electron chi connectivity index (χ3n) is 4.71. The zero-order valence-electron chi connectivity index (χ0n) is 12.4. The highest BCUT2D eigenvalue weighted by Crippen LogP contribution is 2.32. The van der Waals surface area contributed by atoms with E-state index in [0.29, 0.717) is 5.41 Å². The molecule has 2 saturated heterocycles. The molecule has 0 saturated carbocycles. The molecule has 0 aromatic rings. The molecule has 1 unspecified atom stereocenters. The van der Waals surface area contributed by atoms with Gasteiger partial charge in [-0.3, -0.25) is 0 Å². The molecule has 3 nitrogen and oxygen atoms in total. The molecule has 2 aliphatic rings. The van der Waals surface area contributed by atoms with Gasteiger partial charge >= 0.3 is 0 Å². The average Bonchev–Trinajstić information content (AvgIpc) is 2.56. The zero-order chi connectivity index (χ0) is 12.8. The van der Waals surface area contributed by atoms with E-state index in [1.165, 1.54) is 77.9 Å². The van der Waals surface area contributed by atoms with Crippen LogP contribution in [0.1, 0.15) is 39.0 Å². The zero-order valence-corrected chi connectivity index (χ0v) is 12.4. The van der Waals surface area contributed by atoms with Gasteiger partial charge < -0.3 is 15.1 Å². The van der Waals surface area contributed by atoms with Gasteiger partial charge in [-0.1, -0.05) is 13.3 Å². The van der Waals surface area contributed by atoms with Crippen molar-refractivity contribution in [2.24, 2.45) is 5.41 Å². The van der Waals surface area contributed by atoms with Gasteiger partial charge in [-0.25, -0.2) is 0 Å². The van der Waals surface area contributed by atoms with Gasteiger partial charge in [0.05, 0.1) is 0 Å². The highest BCUT2D eigenvalue weighted by Gasteiger charge is 2.33. The molecular weight excluding hydrogens is 222 g/mol. The highest BCUT2D eigenvalue weighted by molar-refractivity contribution is 4.88. The lowest BCUT2D eigenvalue weighted by Crippen LogP contribution is -2.48. The molecule has 2 fully saturated rings. The molecule has 3 heteroatoms. The Morgan fingerprint density at radius 2 is 2.00 bits per heavy atom. The molecule has 1 atom stereocenters. The molecule has 106 valence electrons. The Morgan fingerprint density at radius 1 is 1.11 bits per heavy atom. The first-order valence-electron chi connectivity index (χ1n) is 7.86. The van der Waals surface area contributed by atoms with Crippen LogP contribution >= 0.6 is 0 Å². The second kappa shape index (κ2) is 6.88. The summed E-state index contributed by atoms with van der Waals surface area (Å²) in [4.78, 5) is 5.21. The Kier molecular flexibility index (Phi) is 5.46. The van der Waals surface area contributed by atoms with E-state index in [0.717, 1.165) is 0 Å². The van der Waals surface area contributed by atoms with E-state index in [1.54, 1.807) is 0 Å². The fourth-order valence-corrected chi connectivity index (χ4v) is 3.72. The molecule has 0 radical (unpaired) electrons. The molecule has 0 spiro atoms. The van der Waals surface area contributed by atoms with Crippen molar-refractivity contribution in [3.63, 3.8) is 0 Å². The minimum absolute atomic E-state index is 0.565. The van der Waals surface area contributed by atoms with Gasteiger partial charge in [0.1, 0.15) is 0 Å². The highest BCUT2D eigenvalue weighted by atomic mass is 15.2. The molecule has 2 rings (SSSR count). The van der Waals surface area contributed by atoms with Gasteiger partial charge in [-0.2, -0.15) is 0 Å². The van der Waals surface area contributed by atoms with Crippen LogP contribution in [0.25, 0.3) is 0 Å². The van der Waals surface area contributed by atoms with Gasteiger partial charge in [-0.15, -0.1) is 0 Å². The van der Waals surface area contributed by atoms with Crippen molar-refractivity contribution in [1.82, 2.24) is 15.1 Å². The number of nitrogens with one attached hydrogen (secondary N) is 1. The topological polar surface area (TPSA) is 18.5 Å². The van der Waals surface area contributed by atoms with E-state index in [-0.39, 0.29) is 0 Å². The SMILES string of the molecule is CCCC1(CN2CCCN(C)CC2)CCCNC1. The number of hydrogen-bond donors (Lipinski definition) is 1. The number of piperidine rings is 1. The second-order valence-electron chi connectivity index (χ2n) is 6.46. The molecule has 2 heterocycles. The van der Waals surface area contributed by atoms with Crippen molar-refractivity contribution in [1.29, 1.82) is 0 Å². The summed E-state index contributed by atoms with van der Waals surface area (Å²) in [5.41, 5.74) is 0.565. The summed E-state index contributed by atoms with van der Waals surface area (Å²) in [5, 5.41) is 3.64. The van der Waals surface area contributed by atoms with Crippen LogP contribution in [0, 0.1) is 5.41 Å². The molecule has 0 aromatic heterocycles. The molecular formula is C15H31N3. The molecule has 0 aromatic carbocycles. The standard InChI is InChI=1S/C15H31N3/c1-3-6-15(7-4-8-16-13-15)14-18-10-5-9-17(2)11-12-18/h16H,3-14H2,1-2H3. The van der Waals surface area contributed by atoms with Crippen molar-refractivity contribution in [2.45, 2.75) is 39.0 Å². The largest absolute Gasteiger partial charge is 0.316 e. The third kappa shape index (κ3) is 3.94.